The molecule has 108 valence electrons. The summed E-state index contributed by atoms with van der Waals surface area (Å²) in [6, 6.07) is 4.36. The van der Waals surface area contributed by atoms with Gasteiger partial charge in [-0.25, -0.2) is 4.79 Å². The quantitative estimate of drug-likeness (QED) is 0.931. The SMILES string of the molecule is CCCN1C(=O)C(NC(=O)N(C)C)c2cc(Cl)ccc21. The predicted molar refractivity (Wildman–Crippen MR) is 79.1 cm³/mol. The van der Waals surface area contributed by atoms with E-state index in [0.29, 0.717) is 11.6 Å². The van der Waals surface area contributed by atoms with E-state index in [4.69, 9.17) is 11.6 Å². The van der Waals surface area contributed by atoms with Gasteiger partial charge in [0.1, 0.15) is 6.04 Å². The first-order valence-corrected chi connectivity index (χ1v) is 6.92. The maximum Gasteiger partial charge on any atom is 0.317 e. The molecule has 0 aliphatic carbocycles. The van der Waals surface area contributed by atoms with Gasteiger partial charge >= 0.3 is 6.03 Å². The fourth-order valence-corrected chi connectivity index (χ4v) is 2.44. The van der Waals surface area contributed by atoms with Gasteiger partial charge in [0.2, 0.25) is 0 Å². The molecule has 3 amide bonds. The summed E-state index contributed by atoms with van der Waals surface area (Å²) in [6.45, 7) is 2.64. The Morgan fingerprint density at radius 3 is 2.75 bits per heavy atom. The number of amides is 3. The van der Waals surface area contributed by atoms with E-state index in [1.807, 2.05) is 13.0 Å². The van der Waals surface area contributed by atoms with Gasteiger partial charge in [-0.1, -0.05) is 18.5 Å². The maximum absolute atomic E-state index is 12.5. The van der Waals surface area contributed by atoms with E-state index in [1.54, 1.807) is 31.1 Å². The second-order valence-corrected chi connectivity index (χ2v) is 5.41. The number of anilines is 1. The van der Waals surface area contributed by atoms with Gasteiger partial charge in [0.25, 0.3) is 5.91 Å². The lowest BCUT2D eigenvalue weighted by Crippen LogP contribution is -2.42. The minimum Gasteiger partial charge on any atom is -0.331 e. The van der Waals surface area contributed by atoms with Crippen molar-refractivity contribution in [2.75, 3.05) is 25.5 Å². The second-order valence-electron chi connectivity index (χ2n) is 4.97. The average molecular weight is 296 g/mol. The Kier molecular flexibility index (Phi) is 4.18. The summed E-state index contributed by atoms with van der Waals surface area (Å²) in [4.78, 5) is 27.4. The third-order valence-electron chi connectivity index (χ3n) is 3.23. The molecule has 0 radical (unpaired) electrons. The van der Waals surface area contributed by atoms with E-state index in [2.05, 4.69) is 5.32 Å². The maximum atomic E-state index is 12.5. The van der Waals surface area contributed by atoms with E-state index in [-0.39, 0.29) is 11.9 Å². The Bertz CT molecular complexity index is 545. The molecular formula is C14H18ClN3O2. The van der Waals surface area contributed by atoms with Gasteiger partial charge in [0.15, 0.2) is 0 Å². The highest BCUT2D eigenvalue weighted by atomic mass is 35.5. The average Bonchev–Trinajstić information content (AvgIpc) is 2.64. The molecule has 1 heterocycles. The molecular weight excluding hydrogens is 278 g/mol. The van der Waals surface area contributed by atoms with Crippen LogP contribution in [0.2, 0.25) is 5.02 Å². The molecule has 1 aromatic rings. The molecule has 1 aliphatic rings. The molecule has 6 heteroatoms. The highest BCUT2D eigenvalue weighted by Crippen LogP contribution is 2.37. The highest BCUT2D eigenvalue weighted by Gasteiger charge is 2.38. The predicted octanol–water partition coefficient (Wildman–Crippen LogP) is 2.41. The Balaban J connectivity index is 2.36. The first kappa shape index (κ1) is 14.7. The van der Waals surface area contributed by atoms with Crippen LogP contribution in [0.4, 0.5) is 10.5 Å². The van der Waals surface area contributed by atoms with E-state index in [9.17, 15) is 9.59 Å². The number of carbonyl (C=O) groups is 2. The van der Waals surface area contributed by atoms with Gasteiger partial charge in [-0.15, -0.1) is 0 Å². The summed E-state index contributed by atoms with van der Waals surface area (Å²) in [5.41, 5.74) is 1.58. The summed E-state index contributed by atoms with van der Waals surface area (Å²) in [7, 11) is 3.27. The molecule has 0 bridgehead atoms. The Morgan fingerprint density at radius 2 is 2.15 bits per heavy atom. The van der Waals surface area contributed by atoms with Crippen LogP contribution < -0.4 is 10.2 Å². The van der Waals surface area contributed by atoms with Crippen LogP contribution >= 0.6 is 11.6 Å². The first-order valence-electron chi connectivity index (χ1n) is 6.54. The van der Waals surface area contributed by atoms with Crippen LogP contribution in [0.15, 0.2) is 18.2 Å². The number of nitrogens with zero attached hydrogens (tertiary/aromatic N) is 2. The van der Waals surface area contributed by atoms with Crippen molar-refractivity contribution in [1.82, 2.24) is 10.2 Å². The molecule has 1 aliphatic heterocycles. The molecule has 0 fully saturated rings. The highest BCUT2D eigenvalue weighted by molar-refractivity contribution is 6.31. The van der Waals surface area contributed by atoms with Gasteiger partial charge in [0, 0.05) is 36.9 Å². The number of nitrogens with one attached hydrogen (secondary N) is 1. The number of hydrogen-bond donors (Lipinski definition) is 1. The van der Waals surface area contributed by atoms with Crippen molar-refractivity contribution in [1.29, 1.82) is 0 Å². The van der Waals surface area contributed by atoms with Crippen molar-refractivity contribution in [2.24, 2.45) is 0 Å². The van der Waals surface area contributed by atoms with Crippen molar-refractivity contribution in [2.45, 2.75) is 19.4 Å². The Hall–Kier alpha value is -1.75. The number of hydrogen-bond acceptors (Lipinski definition) is 2. The van der Waals surface area contributed by atoms with Gasteiger partial charge in [-0.2, -0.15) is 0 Å². The fourth-order valence-electron chi connectivity index (χ4n) is 2.26. The van der Waals surface area contributed by atoms with Crippen LogP contribution in [0.25, 0.3) is 0 Å². The minimum absolute atomic E-state index is 0.112. The van der Waals surface area contributed by atoms with Crippen molar-refractivity contribution in [3.63, 3.8) is 0 Å². The van der Waals surface area contributed by atoms with Crippen LogP contribution in [0.1, 0.15) is 24.9 Å². The largest absolute Gasteiger partial charge is 0.331 e. The van der Waals surface area contributed by atoms with Gasteiger partial charge in [0.05, 0.1) is 0 Å². The van der Waals surface area contributed by atoms with Crippen LogP contribution in [0.3, 0.4) is 0 Å². The topological polar surface area (TPSA) is 52.7 Å². The third kappa shape index (κ3) is 2.58. The van der Waals surface area contributed by atoms with E-state index >= 15 is 0 Å². The summed E-state index contributed by atoms with van der Waals surface area (Å²) in [5, 5.41) is 3.29. The molecule has 5 nitrogen and oxygen atoms in total. The van der Waals surface area contributed by atoms with Crippen molar-refractivity contribution >= 4 is 29.2 Å². The summed E-state index contributed by atoms with van der Waals surface area (Å²) in [5.74, 6) is -0.112. The summed E-state index contributed by atoms with van der Waals surface area (Å²) in [6.07, 6.45) is 0.849. The number of halogens is 1. The van der Waals surface area contributed by atoms with Crippen LogP contribution in [0.5, 0.6) is 0 Å². The standard InChI is InChI=1S/C14H18ClN3O2/c1-4-7-18-11-6-5-9(15)8-10(11)12(13(18)19)16-14(20)17(2)3/h5-6,8,12H,4,7H2,1-3H3,(H,16,20). The zero-order valence-corrected chi connectivity index (χ0v) is 12.6. The first-order chi connectivity index (χ1) is 9.45. The van der Waals surface area contributed by atoms with E-state index in [1.165, 1.54) is 4.90 Å². The summed E-state index contributed by atoms with van der Waals surface area (Å²) >= 11 is 6.01. The fraction of sp³-hybridized carbons (Fsp3) is 0.429. The van der Waals surface area contributed by atoms with Crippen LogP contribution in [-0.4, -0.2) is 37.5 Å². The molecule has 0 aromatic heterocycles. The molecule has 1 aromatic carbocycles. The van der Waals surface area contributed by atoms with E-state index in [0.717, 1.165) is 17.7 Å². The monoisotopic (exact) mass is 295 g/mol. The molecule has 0 spiro atoms. The number of urea groups is 1. The molecule has 2 rings (SSSR count). The molecule has 0 saturated heterocycles. The normalized spacial score (nSPS) is 17.1. The second kappa shape index (κ2) is 5.71. The van der Waals surface area contributed by atoms with Crippen molar-refractivity contribution < 1.29 is 9.59 Å². The minimum atomic E-state index is -0.662. The third-order valence-corrected chi connectivity index (χ3v) is 3.46. The number of fused-ring (bicyclic) bond motifs is 1. The number of carbonyl (C=O) groups excluding carboxylic acids is 2. The lowest BCUT2D eigenvalue weighted by molar-refractivity contribution is -0.119. The molecule has 1 unspecified atom stereocenters. The smallest absolute Gasteiger partial charge is 0.317 e. The van der Waals surface area contributed by atoms with Gasteiger partial charge in [-0.3, -0.25) is 4.79 Å². The van der Waals surface area contributed by atoms with Gasteiger partial charge in [-0.05, 0) is 24.6 Å². The Morgan fingerprint density at radius 1 is 1.45 bits per heavy atom. The molecule has 1 N–H and O–H groups in total. The Labute approximate surface area is 123 Å². The molecule has 0 saturated carbocycles. The van der Waals surface area contributed by atoms with Crippen molar-refractivity contribution in [3.05, 3.63) is 28.8 Å². The summed E-state index contributed by atoms with van der Waals surface area (Å²) < 4.78 is 0. The number of rotatable bonds is 3. The van der Waals surface area contributed by atoms with Gasteiger partial charge < -0.3 is 15.1 Å². The number of benzene rings is 1. The molecule has 20 heavy (non-hydrogen) atoms. The lowest BCUT2D eigenvalue weighted by Gasteiger charge is -2.18. The molecule has 1 atom stereocenters. The van der Waals surface area contributed by atoms with Crippen LogP contribution in [-0.2, 0) is 4.79 Å². The zero-order valence-electron chi connectivity index (χ0n) is 11.8. The lowest BCUT2D eigenvalue weighted by atomic mass is 10.1. The zero-order chi connectivity index (χ0) is 14.9. The van der Waals surface area contributed by atoms with Crippen molar-refractivity contribution in [3.8, 4) is 0 Å². The van der Waals surface area contributed by atoms with E-state index < -0.39 is 6.04 Å². The van der Waals surface area contributed by atoms with Crippen LogP contribution in [0, 0.1) is 0 Å².